The fraction of sp³-hybridized carbons (Fsp3) is 0.417. The van der Waals surface area contributed by atoms with Crippen molar-refractivity contribution in [3.63, 3.8) is 0 Å². The molecule has 0 spiro atoms. The Morgan fingerprint density at radius 3 is 2.38 bits per heavy atom. The molecule has 0 unspecified atom stereocenters. The van der Waals surface area contributed by atoms with E-state index in [1.165, 1.54) is 5.56 Å². The van der Waals surface area contributed by atoms with Gasteiger partial charge in [-0.2, -0.15) is 0 Å². The molecule has 0 bridgehead atoms. The average Bonchev–Trinajstić information content (AvgIpc) is 2.68. The highest BCUT2D eigenvalue weighted by atomic mass is 35.5. The van der Waals surface area contributed by atoms with Crippen LogP contribution in [0.1, 0.15) is 49.4 Å². The van der Waals surface area contributed by atoms with Crippen LogP contribution in [0.5, 0.6) is 0 Å². The predicted molar refractivity (Wildman–Crippen MR) is 119 cm³/mol. The minimum atomic E-state index is -0.581. The molecule has 2 aromatic carbocycles. The van der Waals surface area contributed by atoms with Gasteiger partial charge in [-0.15, -0.1) is 0 Å². The molecular formula is C24H31ClN2O2. The van der Waals surface area contributed by atoms with Crippen molar-refractivity contribution in [2.45, 2.75) is 66.1 Å². The summed E-state index contributed by atoms with van der Waals surface area (Å²) in [4.78, 5) is 27.6. The fourth-order valence-electron chi connectivity index (χ4n) is 3.07. The van der Waals surface area contributed by atoms with E-state index in [1.807, 2.05) is 64.1 Å². The van der Waals surface area contributed by atoms with Crippen molar-refractivity contribution in [1.82, 2.24) is 10.2 Å². The van der Waals surface area contributed by atoms with Gasteiger partial charge in [0.1, 0.15) is 6.04 Å². The third kappa shape index (κ3) is 6.60. The van der Waals surface area contributed by atoms with Gasteiger partial charge >= 0.3 is 0 Å². The van der Waals surface area contributed by atoms with Crippen molar-refractivity contribution in [2.75, 3.05) is 0 Å². The Balaban J connectivity index is 2.25. The number of hydrogen-bond donors (Lipinski definition) is 1. The van der Waals surface area contributed by atoms with Crippen LogP contribution in [0, 0.1) is 13.8 Å². The normalized spacial score (nSPS) is 12.9. The predicted octanol–water partition coefficient (Wildman–Crippen LogP) is 4.83. The first-order chi connectivity index (χ1) is 13.7. The van der Waals surface area contributed by atoms with E-state index in [2.05, 4.69) is 5.32 Å². The van der Waals surface area contributed by atoms with Crippen LogP contribution in [0.2, 0.25) is 5.02 Å². The summed E-state index contributed by atoms with van der Waals surface area (Å²) in [7, 11) is 0. The minimum Gasteiger partial charge on any atom is -0.352 e. The molecule has 0 radical (unpaired) electrons. The summed E-state index contributed by atoms with van der Waals surface area (Å²) < 4.78 is 0. The van der Waals surface area contributed by atoms with Gasteiger partial charge in [-0.25, -0.2) is 0 Å². The maximum absolute atomic E-state index is 13.2. The second-order valence-corrected chi connectivity index (χ2v) is 8.18. The molecule has 4 nitrogen and oxygen atoms in total. The first-order valence-electron chi connectivity index (χ1n) is 10.1. The molecule has 156 valence electrons. The summed E-state index contributed by atoms with van der Waals surface area (Å²) in [6, 6.07) is 12.9. The molecule has 29 heavy (non-hydrogen) atoms. The number of benzene rings is 2. The molecule has 2 aromatic rings. The Labute approximate surface area is 179 Å². The molecule has 0 aliphatic carbocycles. The van der Waals surface area contributed by atoms with E-state index in [-0.39, 0.29) is 24.3 Å². The van der Waals surface area contributed by atoms with Crippen LogP contribution >= 0.6 is 11.6 Å². The van der Waals surface area contributed by atoms with E-state index in [4.69, 9.17) is 11.6 Å². The summed E-state index contributed by atoms with van der Waals surface area (Å²) in [5.74, 6) is -0.227. The van der Waals surface area contributed by atoms with Crippen molar-refractivity contribution >= 4 is 23.4 Å². The highest BCUT2D eigenvalue weighted by Gasteiger charge is 2.27. The Kier molecular flexibility index (Phi) is 8.27. The van der Waals surface area contributed by atoms with Gasteiger partial charge < -0.3 is 10.2 Å². The van der Waals surface area contributed by atoms with Gasteiger partial charge in [-0.1, -0.05) is 48.9 Å². The topological polar surface area (TPSA) is 49.4 Å². The van der Waals surface area contributed by atoms with Crippen LogP contribution in [-0.2, 0) is 22.6 Å². The molecule has 0 heterocycles. The Bertz CT molecular complexity index is 866. The number of nitrogens with one attached hydrogen (secondary N) is 1. The number of amides is 2. The highest BCUT2D eigenvalue weighted by Crippen LogP contribution is 2.17. The summed E-state index contributed by atoms with van der Waals surface area (Å²) in [6.07, 6.45) is 1.09. The largest absolute Gasteiger partial charge is 0.352 e. The number of hydrogen-bond acceptors (Lipinski definition) is 2. The number of carbonyl (C=O) groups excluding carboxylic acids is 2. The molecule has 5 heteroatoms. The number of halogens is 1. The zero-order chi connectivity index (χ0) is 21.6. The van der Waals surface area contributed by atoms with Gasteiger partial charge in [0.2, 0.25) is 11.8 Å². The molecule has 1 N–H and O–H groups in total. The van der Waals surface area contributed by atoms with Crippen LogP contribution in [0.3, 0.4) is 0 Å². The molecule has 0 aliphatic heterocycles. The second kappa shape index (κ2) is 10.4. The molecule has 0 saturated carbocycles. The molecule has 2 atom stereocenters. The monoisotopic (exact) mass is 414 g/mol. The minimum absolute atomic E-state index is 0.0628. The lowest BCUT2D eigenvalue weighted by Gasteiger charge is -2.30. The average molecular weight is 415 g/mol. The molecule has 2 rings (SSSR count). The van der Waals surface area contributed by atoms with Gasteiger partial charge in [0.15, 0.2) is 0 Å². The molecule has 2 amide bonds. The van der Waals surface area contributed by atoms with Crippen LogP contribution in [0.15, 0.2) is 42.5 Å². The SMILES string of the molecule is CC[C@H](C)NC(=O)[C@@H](C)N(Cc1cccc(Cl)c1)C(=O)Cc1ccc(C)c(C)c1. The number of carbonyl (C=O) groups is 2. The van der Waals surface area contributed by atoms with Crippen LogP contribution in [0.4, 0.5) is 0 Å². The quantitative estimate of drug-likeness (QED) is 0.672. The molecular weight excluding hydrogens is 384 g/mol. The molecule has 0 fully saturated rings. The summed E-state index contributed by atoms with van der Waals surface area (Å²) in [5, 5.41) is 3.60. The van der Waals surface area contributed by atoms with Crippen LogP contribution in [-0.4, -0.2) is 28.8 Å². The number of rotatable bonds is 8. The van der Waals surface area contributed by atoms with Gasteiger partial charge in [-0.05, 0) is 68.5 Å². The van der Waals surface area contributed by atoms with Crippen LogP contribution in [0.25, 0.3) is 0 Å². The summed E-state index contributed by atoms with van der Waals surface area (Å²) in [6.45, 7) is 10.2. The maximum Gasteiger partial charge on any atom is 0.242 e. The lowest BCUT2D eigenvalue weighted by molar-refractivity contribution is -0.140. The third-order valence-electron chi connectivity index (χ3n) is 5.34. The van der Waals surface area contributed by atoms with Crippen molar-refractivity contribution < 1.29 is 9.59 Å². The third-order valence-corrected chi connectivity index (χ3v) is 5.57. The Morgan fingerprint density at radius 1 is 1.03 bits per heavy atom. The Morgan fingerprint density at radius 2 is 1.76 bits per heavy atom. The molecule has 0 saturated heterocycles. The van der Waals surface area contributed by atoms with Gasteiger partial charge in [0.25, 0.3) is 0 Å². The van der Waals surface area contributed by atoms with Gasteiger partial charge in [-0.3, -0.25) is 9.59 Å². The Hall–Kier alpha value is -2.33. The number of aryl methyl sites for hydroxylation is 2. The van der Waals surface area contributed by atoms with E-state index in [9.17, 15) is 9.59 Å². The second-order valence-electron chi connectivity index (χ2n) is 7.74. The lowest BCUT2D eigenvalue weighted by atomic mass is 10.0. The van der Waals surface area contributed by atoms with Crippen molar-refractivity contribution in [3.05, 3.63) is 69.7 Å². The fourth-order valence-corrected chi connectivity index (χ4v) is 3.28. The molecule has 0 aromatic heterocycles. The van der Waals surface area contributed by atoms with Crippen molar-refractivity contribution in [1.29, 1.82) is 0 Å². The van der Waals surface area contributed by atoms with E-state index in [0.717, 1.165) is 23.1 Å². The van der Waals surface area contributed by atoms with Crippen LogP contribution < -0.4 is 5.32 Å². The van der Waals surface area contributed by atoms with Gasteiger partial charge in [0.05, 0.1) is 6.42 Å². The number of nitrogens with zero attached hydrogens (tertiary/aromatic N) is 1. The highest BCUT2D eigenvalue weighted by molar-refractivity contribution is 6.30. The first kappa shape index (κ1) is 23.0. The van der Waals surface area contributed by atoms with E-state index < -0.39 is 6.04 Å². The van der Waals surface area contributed by atoms with Crippen molar-refractivity contribution in [2.24, 2.45) is 0 Å². The zero-order valence-electron chi connectivity index (χ0n) is 18.0. The van der Waals surface area contributed by atoms with E-state index in [1.54, 1.807) is 17.9 Å². The molecule has 0 aliphatic rings. The standard InChI is InChI=1S/C24H31ClN2O2/c1-6-18(4)26-24(29)19(5)27(15-21-8-7-9-22(25)13-21)23(28)14-20-11-10-16(2)17(3)12-20/h7-13,18-19H,6,14-15H2,1-5H3,(H,26,29)/t18-,19+/m0/s1. The van der Waals surface area contributed by atoms with E-state index in [0.29, 0.717) is 11.6 Å². The maximum atomic E-state index is 13.2. The zero-order valence-corrected chi connectivity index (χ0v) is 18.7. The van der Waals surface area contributed by atoms with Crippen molar-refractivity contribution in [3.8, 4) is 0 Å². The van der Waals surface area contributed by atoms with E-state index >= 15 is 0 Å². The smallest absolute Gasteiger partial charge is 0.242 e. The summed E-state index contributed by atoms with van der Waals surface area (Å²) >= 11 is 6.12. The summed E-state index contributed by atoms with van der Waals surface area (Å²) in [5.41, 5.74) is 4.19. The van der Waals surface area contributed by atoms with Gasteiger partial charge in [0, 0.05) is 17.6 Å². The first-order valence-corrected chi connectivity index (χ1v) is 10.5. The lowest BCUT2D eigenvalue weighted by Crippen LogP contribution is -2.49.